The van der Waals surface area contributed by atoms with E-state index in [0.29, 0.717) is 12.0 Å². The number of nitrogens with zero attached hydrogens (tertiary/aromatic N) is 1. The van der Waals surface area contributed by atoms with Gasteiger partial charge in [0.1, 0.15) is 0 Å². The van der Waals surface area contributed by atoms with Crippen LogP contribution in [0.15, 0.2) is 0 Å². The number of aliphatic hydroxyl groups excluding tert-OH is 1. The van der Waals surface area contributed by atoms with Crippen LogP contribution in [0, 0.1) is 5.92 Å². The van der Waals surface area contributed by atoms with Crippen LogP contribution in [0.4, 0.5) is 0 Å². The van der Waals surface area contributed by atoms with E-state index < -0.39 is 5.60 Å². The van der Waals surface area contributed by atoms with Crippen LogP contribution in [0.3, 0.4) is 0 Å². The van der Waals surface area contributed by atoms with E-state index in [0.717, 1.165) is 25.9 Å². The quantitative estimate of drug-likeness (QED) is 0.812. The summed E-state index contributed by atoms with van der Waals surface area (Å²) in [6.07, 6.45) is 8.14. The van der Waals surface area contributed by atoms with Crippen LogP contribution in [0.2, 0.25) is 0 Å². The summed E-state index contributed by atoms with van der Waals surface area (Å²) in [4.78, 5) is 2.43. The Morgan fingerprint density at radius 1 is 1.06 bits per heavy atom. The van der Waals surface area contributed by atoms with Crippen LogP contribution < -0.4 is 0 Å². The summed E-state index contributed by atoms with van der Waals surface area (Å²) in [7, 11) is 0. The highest BCUT2D eigenvalue weighted by Crippen LogP contribution is 2.34. The van der Waals surface area contributed by atoms with Crippen LogP contribution in [0.5, 0.6) is 0 Å². The molecular formula is C15H29NO2. The zero-order chi connectivity index (χ0) is 13.2. The maximum Gasteiger partial charge on any atom is 0.0718 e. The summed E-state index contributed by atoms with van der Waals surface area (Å²) in [5.74, 6) is 0.432. The molecule has 3 nitrogen and oxygen atoms in total. The SMILES string of the molecule is CC(C)(O)CN1CCCCC1C1CCCCC1O. The van der Waals surface area contributed by atoms with Gasteiger partial charge in [-0.15, -0.1) is 0 Å². The molecule has 2 N–H and O–H groups in total. The Balaban J connectivity index is 2.02. The van der Waals surface area contributed by atoms with Gasteiger partial charge in [0.05, 0.1) is 11.7 Å². The van der Waals surface area contributed by atoms with Crippen molar-refractivity contribution in [1.82, 2.24) is 4.90 Å². The van der Waals surface area contributed by atoms with E-state index in [-0.39, 0.29) is 6.10 Å². The number of rotatable bonds is 3. The Kier molecular flexibility index (Phi) is 4.68. The van der Waals surface area contributed by atoms with E-state index in [2.05, 4.69) is 4.90 Å². The summed E-state index contributed by atoms with van der Waals surface area (Å²) < 4.78 is 0. The molecule has 1 aliphatic carbocycles. The van der Waals surface area contributed by atoms with Crippen molar-refractivity contribution < 1.29 is 10.2 Å². The molecule has 18 heavy (non-hydrogen) atoms. The lowest BCUT2D eigenvalue weighted by Gasteiger charge is -2.45. The molecule has 3 heteroatoms. The van der Waals surface area contributed by atoms with Crippen molar-refractivity contribution in [3.63, 3.8) is 0 Å². The fourth-order valence-electron chi connectivity index (χ4n) is 3.78. The standard InChI is InChI=1S/C15H29NO2/c1-15(2,18)11-16-10-6-5-8-13(16)12-7-3-4-9-14(12)17/h12-14,17-18H,3-11H2,1-2H3. The van der Waals surface area contributed by atoms with Gasteiger partial charge >= 0.3 is 0 Å². The van der Waals surface area contributed by atoms with E-state index >= 15 is 0 Å². The second-order valence-electron chi connectivity index (χ2n) is 6.86. The van der Waals surface area contributed by atoms with Crippen molar-refractivity contribution in [3.05, 3.63) is 0 Å². The van der Waals surface area contributed by atoms with Crippen LogP contribution in [0.1, 0.15) is 58.8 Å². The second kappa shape index (κ2) is 5.89. The molecule has 106 valence electrons. The third kappa shape index (κ3) is 3.69. The average Bonchev–Trinajstić information content (AvgIpc) is 2.29. The van der Waals surface area contributed by atoms with E-state index in [1.54, 1.807) is 0 Å². The van der Waals surface area contributed by atoms with E-state index in [4.69, 9.17) is 0 Å². The lowest BCUT2D eigenvalue weighted by molar-refractivity contribution is -0.0400. The van der Waals surface area contributed by atoms with Gasteiger partial charge in [-0.1, -0.05) is 19.3 Å². The Bertz CT molecular complexity index is 262. The molecule has 0 aromatic carbocycles. The molecule has 1 saturated carbocycles. The number of hydrogen-bond donors (Lipinski definition) is 2. The van der Waals surface area contributed by atoms with Crippen molar-refractivity contribution in [1.29, 1.82) is 0 Å². The largest absolute Gasteiger partial charge is 0.393 e. The normalized spacial score (nSPS) is 35.7. The maximum absolute atomic E-state index is 10.2. The molecule has 1 saturated heterocycles. The smallest absolute Gasteiger partial charge is 0.0718 e. The van der Waals surface area contributed by atoms with Gasteiger partial charge in [-0.05, 0) is 46.1 Å². The molecule has 0 bridgehead atoms. The zero-order valence-corrected chi connectivity index (χ0v) is 11.9. The van der Waals surface area contributed by atoms with Crippen molar-refractivity contribution in [3.8, 4) is 0 Å². The maximum atomic E-state index is 10.2. The highest BCUT2D eigenvalue weighted by molar-refractivity contribution is 4.90. The highest BCUT2D eigenvalue weighted by atomic mass is 16.3. The fraction of sp³-hybridized carbons (Fsp3) is 1.00. The topological polar surface area (TPSA) is 43.7 Å². The minimum absolute atomic E-state index is 0.119. The average molecular weight is 255 g/mol. The van der Waals surface area contributed by atoms with Crippen LogP contribution >= 0.6 is 0 Å². The van der Waals surface area contributed by atoms with Gasteiger partial charge < -0.3 is 10.2 Å². The molecule has 1 aliphatic heterocycles. The van der Waals surface area contributed by atoms with Crippen molar-refractivity contribution in [2.45, 2.75) is 76.5 Å². The van der Waals surface area contributed by atoms with Crippen molar-refractivity contribution in [2.24, 2.45) is 5.92 Å². The number of aliphatic hydroxyl groups is 2. The predicted molar refractivity (Wildman–Crippen MR) is 73.5 cm³/mol. The van der Waals surface area contributed by atoms with Crippen molar-refractivity contribution >= 4 is 0 Å². The summed E-state index contributed by atoms with van der Waals surface area (Å²) >= 11 is 0. The molecule has 0 aromatic rings. The van der Waals surface area contributed by atoms with Crippen LogP contribution in [0.25, 0.3) is 0 Å². The predicted octanol–water partition coefficient (Wildman–Crippen LogP) is 2.16. The summed E-state index contributed by atoms with van der Waals surface area (Å²) in [5.41, 5.74) is -0.630. The minimum Gasteiger partial charge on any atom is -0.393 e. The van der Waals surface area contributed by atoms with E-state index in [1.165, 1.54) is 32.1 Å². The first-order valence-corrected chi connectivity index (χ1v) is 7.62. The monoisotopic (exact) mass is 255 g/mol. The fourth-order valence-corrected chi connectivity index (χ4v) is 3.78. The van der Waals surface area contributed by atoms with Gasteiger partial charge in [0.15, 0.2) is 0 Å². The second-order valence-corrected chi connectivity index (χ2v) is 6.86. The summed E-state index contributed by atoms with van der Waals surface area (Å²) in [5, 5.41) is 20.3. The highest BCUT2D eigenvalue weighted by Gasteiger charge is 2.36. The van der Waals surface area contributed by atoms with Crippen LogP contribution in [-0.2, 0) is 0 Å². The number of likely N-dealkylation sites (tertiary alicyclic amines) is 1. The van der Waals surface area contributed by atoms with Gasteiger partial charge in [-0.3, -0.25) is 4.90 Å². The Morgan fingerprint density at radius 2 is 1.72 bits per heavy atom. The van der Waals surface area contributed by atoms with E-state index in [1.807, 2.05) is 13.8 Å². The molecule has 2 fully saturated rings. The molecule has 1 heterocycles. The number of hydrogen-bond acceptors (Lipinski definition) is 3. The molecule has 0 amide bonds. The Labute approximate surface area is 111 Å². The van der Waals surface area contributed by atoms with Gasteiger partial charge in [-0.25, -0.2) is 0 Å². The lowest BCUT2D eigenvalue weighted by atomic mass is 9.77. The first-order valence-electron chi connectivity index (χ1n) is 7.62. The number of β-amino-alcohol motifs (C(OH)–C–C–N with tert-alkyl or cyclic N) is 1. The first kappa shape index (κ1) is 14.3. The molecular weight excluding hydrogens is 226 g/mol. The Hall–Kier alpha value is -0.120. The summed E-state index contributed by atoms with van der Waals surface area (Å²) in [6, 6.07) is 0.487. The zero-order valence-electron chi connectivity index (χ0n) is 11.9. The van der Waals surface area contributed by atoms with Gasteiger partial charge in [-0.2, -0.15) is 0 Å². The number of piperidine rings is 1. The van der Waals surface area contributed by atoms with Crippen molar-refractivity contribution in [2.75, 3.05) is 13.1 Å². The molecule has 2 aliphatic rings. The molecule has 3 unspecified atom stereocenters. The lowest BCUT2D eigenvalue weighted by Crippen LogP contribution is -2.52. The van der Waals surface area contributed by atoms with Crippen LogP contribution in [-0.4, -0.2) is 45.9 Å². The molecule has 2 rings (SSSR count). The van der Waals surface area contributed by atoms with Gasteiger partial charge in [0.25, 0.3) is 0 Å². The van der Waals surface area contributed by atoms with E-state index in [9.17, 15) is 10.2 Å². The minimum atomic E-state index is -0.630. The molecule has 3 atom stereocenters. The molecule has 0 spiro atoms. The Morgan fingerprint density at radius 3 is 2.39 bits per heavy atom. The third-order valence-corrected chi connectivity index (χ3v) is 4.53. The van der Waals surface area contributed by atoms with Gasteiger partial charge in [0.2, 0.25) is 0 Å². The summed E-state index contributed by atoms with van der Waals surface area (Å²) in [6.45, 7) is 5.59. The molecule has 0 aromatic heterocycles. The molecule has 0 radical (unpaired) electrons. The van der Waals surface area contributed by atoms with Gasteiger partial charge in [0, 0.05) is 18.5 Å². The first-order chi connectivity index (χ1) is 8.47. The third-order valence-electron chi connectivity index (χ3n) is 4.53.